The van der Waals surface area contributed by atoms with E-state index < -0.39 is 0 Å². The van der Waals surface area contributed by atoms with Crippen LogP contribution in [0.3, 0.4) is 0 Å². The van der Waals surface area contributed by atoms with E-state index >= 15 is 0 Å². The lowest BCUT2D eigenvalue weighted by atomic mass is 10.0. The Labute approximate surface area is 57.7 Å². The summed E-state index contributed by atoms with van der Waals surface area (Å²) in [5.41, 5.74) is 0. The lowest BCUT2D eigenvalue weighted by molar-refractivity contribution is 0.490. The summed E-state index contributed by atoms with van der Waals surface area (Å²) in [6.07, 6.45) is 11.0. The average Bonchev–Trinajstić information content (AvgIpc) is 2.63. The van der Waals surface area contributed by atoms with Crippen LogP contribution in [-0.4, -0.2) is 0 Å². The quantitative estimate of drug-likeness (QED) is 0.502. The molecule has 1 rings (SSSR count). The summed E-state index contributed by atoms with van der Waals surface area (Å²) in [6, 6.07) is 0. The molecule has 0 N–H and O–H groups in total. The molecule has 1 fully saturated rings. The van der Waals surface area contributed by atoms with Crippen molar-refractivity contribution in [2.24, 2.45) is 11.8 Å². The molecule has 0 spiro atoms. The van der Waals surface area contributed by atoms with Crippen LogP contribution in [0.2, 0.25) is 0 Å². The fraction of sp³-hybridized carbons (Fsp3) is 0.667. The zero-order valence-corrected chi connectivity index (χ0v) is 5.93. The number of terminal acetylenes is 1. The van der Waals surface area contributed by atoms with E-state index in [1.54, 1.807) is 0 Å². The van der Waals surface area contributed by atoms with Crippen molar-refractivity contribution in [3.63, 3.8) is 0 Å². The molecule has 9 heavy (non-hydrogen) atoms. The van der Waals surface area contributed by atoms with Crippen LogP contribution in [0.5, 0.6) is 0 Å². The summed E-state index contributed by atoms with van der Waals surface area (Å²) >= 11 is 0. The predicted octanol–water partition coefficient (Wildman–Crippen LogP) is 2.26. The third-order valence-electron chi connectivity index (χ3n) is 1.98. The Morgan fingerprint density at radius 2 is 2.56 bits per heavy atom. The third kappa shape index (κ3) is 2.10. The van der Waals surface area contributed by atoms with E-state index in [0.717, 1.165) is 18.3 Å². The van der Waals surface area contributed by atoms with E-state index in [2.05, 4.69) is 19.3 Å². The monoisotopic (exact) mass is 121 g/mol. The molecule has 2 atom stereocenters. The van der Waals surface area contributed by atoms with E-state index in [4.69, 9.17) is 6.42 Å². The van der Waals surface area contributed by atoms with E-state index in [1.165, 1.54) is 12.8 Å². The zero-order chi connectivity index (χ0) is 6.69. The Kier molecular flexibility index (Phi) is 2.16. The number of hydrogen-bond donors (Lipinski definition) is 0. The standard InChI is InChI=1S/C9H13/c1-3-4-5-8(2)9-6-7-9/h1,6,8-9H,4-5,7H2,2H3. The second-order valence-corrected chi connectivity index (χ2v) is 2.86. The summed E-state index contributed by atoms with van der Waals surface area (Å²) in [5.74, 6) is 4.40. The molecule has 0 heterocycles. The molecule has 1 saturated carbocycles. The van der Waals surface area contributed by atoms with Gasteiger partial charge in [-0.05, 0) is 31.1 Å². The summed E-state index contributed by atoms with van der Waals surface area (Å²) < 4.78 is 0. The smallest absolute Gasteiger partial charge is 0.00886 e. The molecular formula is C9H13. The molecule has 0 bridgehead atoms. The van der Waals surface area contributed by atoms with Crippen molar-refractivity contribution in [3.8, 4) is 12.3 Å². The maximum atomic E-state index is 5.14. The number of rotatable bonds is 3. The molecule has 0 saturated heterocycles. The first kappa shape index (κ1) is 6.68. The van der Waals surface area contributed by atoms with E-state index in [-0.39, 0.29) is 0 Å². The van der Waals surface area contributed by atoms with Gasteiger partial charge in [-0.3, -0.25) is 0 Å². The molecule has 0 amide bonds. The molecule has 0 aliphatic heterocycles. The number of hydrogen-bond acceptors (Lipinski definition) is 0. The molecule has 1 aliphatic rings. The fourth-order valence-corrected chi connectivity index (χ4v) is 1.07. The average molecular weight is 121 g/mol. The van der Waals surface area contributed by atoms with Crippen LogP contribution >= 0.6 is 0 Å². The Balaban J connectivity index is 2.04. The van der Waals surface area contributed by atoms with Gasteiger partial charge in [-0.15, -0.1) is 12.3 Å². The predicted molar refractivity (Wildman–Crippen MR) is 39.6 cm³/mol. The van der Waals surface area contributed by atoms with Crippen molar-refractivity contribution < 1.29 is 0 Å². The molecule has 0 heteroatoms. The minimum absolute atomic E-state index is 0.834. The Bertz CT molecular complexity index is 114. The first-order valence-corrected chi connectivity index (χ1v) is 3.61. The van der Waals surface area contributed by atoms with Crippen LogP contribution in [0.1, 0.15) is 26.2 Å². The van der Waals surface area contributed by atoms with Crippen molar-refractivity contribution in [1.82, 2.24) is 0 Å². The van der Waals surface area contributed by atoms with Crippen molar-refractivity contribution >= 4 is 0 Å². The SMILES string of the molecule is C#CCCC(C)C1[CH]C1. The summed E-state index contributed by atoms with van der Waals surface area (Å²) in [5, 5.41) is 0. The molecule has 0 aromatic carbocycles. The largest absolute Gasteiger partial charge is 0.120 e. The molecule has 49 valence electrons. The van der Waals surface area contributed by atoms with Gasteiger partial charge in [0, 0.05) is 6.42 Å². The van der Waals surface area contributed by atoms with Gasteiger partial charge in [-0.25, -0.2) is 0 Å². The summed E-state index contributed by atoms with van der Waals surface area (Å²) in [7, 11) is 0. The van der Waals surface area contributed by atoms with Gasteiger partial charge >= 0.3 is 0 Å². The Hall–Kier alpha value is -0.440. The summed E-state index contributed by atoms with van der Waals surface area (Å²) in [6.45, 7) is 2.28. The van der Waals surface area contributed by atoms with E-state index in [9.17, 15) is 0 Å². The lowest BCUT2D eigenvalue weighted by Gasteiger charge is -2.04. The second-order valence-electron chi connectivity index (χ2n) is 2.86. The lowest BCUT2D eigenvalue weighted by Crippen LogP contribution is -1.95. The molecule has 0 aromatic heterocycles. The molecular weight excluding hydrogens is 108 g/mol. The second kappa shape index (κ2) is 2.92. The topological polar surface area (TPSA) is 0 Å². The molecule has 1 radical (unpaired) electrons. The van der Waals surface area contributed by atoms with Crippen LogP contribution in [0.15, 0.2) is 0 Å². The molecule has 0 nitrogen and oxygen atoms in total. The fourth-order valence-electron chi connectivity index (χ4n) is 1.07. The van der Waals surface area contributed by atoms with E-state index in [0.29, 0.717) is 0 Å². The van der Waals surface area contributed by atoms with Crippen molar-refractivity contribution in [2.75, 3.05) is 0 Å². The molecule has 2 unspecified atom stereocenters. The van der Waals surface area contributed by atoms with Gasteiger partial charge in [0.05, 0.1) is 0 Å². The highest BCUT2D eigenvalue weighted by Gasteiger charge is 2.27. The van der Waals surface area contributed by atoms with Gasteiger partial charge in [-0.1, -0.05) is 6.92 Å². The van der Waals surface area contributed by atoms with Gasteiger partial charge < -0.3 is 0 Å². The maximum absolute atomic E-state index is 5.14. The Morgan fingerprint density at radius 3 is 3.00 bits per heavy atom. The molecule has 1 aliphatic carbocycles. The van der Waals surface area contributed by atoms with Crippen molar-refractivity contribution in [3.05, 3.63) is 6.42 Å². The summed E-state index contributed by atoms with van der Waals surface area (Å²) in [4.78, 5) is 0. The zero-order valence-electron chi connectivity index (χ0n) is 5.93. The van der Waals surface area contributed by atoms with Gasteiger partial charge in [0.2, 0.25) is 0 Å². The highest BCUT2D eigenvalue weighted by molar-refractivity contribution is 4.98. The third-order valence-corrected chi connectivity index (χ3v) is 1.98. The van der Waals surface area contributed by atoms with Crippen LogP contribution in [-0.2, 0) is 0 Å². The highest BCUT2D eigenvalue weighted by Crippen LogP contribution is 2.37. The van der Waals surface area contributed by atoms with Gasteiger partial charge in [0.15, 0.2) is 0 Å². The van der Waals surface area contributed by atoms with Gasteiger partial charge in [-0.2, -0.15) is 0 Å². The van der Waals surface area contributed by atoms with Gasteiger partial charge in [0.1, 0.15) is 0 Å². The van der Waals surface area contributed by atoms with Crippen molar-refractivity contribution in [1.29, 1.82) is 0 Å². The Morgan fingerprint density at radius 1 is 1.89 bits per heavy atom. The molecule has 0 aromatic rings. The van der Waals surface area contributed by atoms with Crippen LogP contribution in [0.4, 0.5) is 0 Å². The minimum atomic E-state index is 0.834. The first-order chi connectivity index (χ1) is 4.34. The normalized spacial score (nSPS) is 20.9. The van der Waals surface area contributed by atoms with E-state index in [1.807, 2.05) is 0 Å². The maximum Gasteiger partial charge on any atom is 0.00886 e. The highest BCUT2D eigenvalue weighted by atomic mass is 14.3. The van der Waals surface area contributed by atoms with Crippen LogP contribution in [0, 0.1) is 30.6 Å². The van der Waals surface area contributed by atoms with Gasteiger partial charge in [0.25, 0.3) is 0 Å². The van der Waals surface area contributed by atoms with Crippen molar-refractivity contribution in [2.45, 2.75) is 26.2 Å². The van der Waals surface area contributed by atoms with Crippen LogP contribution < -0.4 is 0 Å². The first-order valence-electron chi connectivity index (χ1n) is 3.61. The minimum Gasteiger partial charge on any atom is -0.120 e. The van der Waals surface area contributed by atoms with Crippen LogP contribution in [0.25, 0.3) is 0 Å².